The lowest BCUT2D eigenvalue weighted by molar-refractivity contribution is -0.126. The molecule has 1 heterocycles. The highest BCUT2D eigenvalue weighted by atomic mass is 16.2. The standard InChI is InChI=1S/C19H25N3O3/c1-12-11-15(12)17(23)21-14-8-6-13(7-9-14)19(25)22-10-4-3-5-16(22)18(24)20-2/h6-9,12,15-16H,3-5,10-11H2,1-2H3,(H,20,24)(H,21,23)/t12-,15-,16-/m0/s1. The zero-order valence-electron chi connectivity index (χ0n) is 14.7. The van der Waals surface area contributed by atoms with Crippen LogP contribution in [0.4, 0.5) is 5.69 Å². The van der Waals surface area contributed by atoms with Crippen LogP contribution in [0.15, 0.2) is 24.3 Å². The van der Waals surface area contributed by atoms with E-state index in [1.807, 2.05) is 0 Å². The Bertz CT molecular complexity index is 671. The van der Waals surface area contributed by atoms with Gasteiger partial charge in [0, 0.05) is 30.8 Å². The first-order chi connectivity index (χ1) is 12.0. The Labute approximate surface area is 148 Å². The first-order valence-corrected chi connectivity index (χ1v) is 8.94. The number of nitrogens with one attached hydrogen (secondary N) is 2. The smallest absolute Gasteiger partial charge is 0.254 e. The SMILES string of the molecule is CNC(=O)[C@@H]1CCCCN1C(=O)c1ccc(NC(=O)[C@H]2C[C@@H]2C)cc1. The van der Waals surface area contributed by atoms with Gasteiger partial charge in [-0.15, -0.1) is 0 Å². The van der Waals surface area contributed by atoms with E-state index in [4.69, 9.17) is 0 Å². The van der Waals surface area contributed by atoms with E-state index in [9.17, 15) is 14.4 Å². The van der Waals surface area contributed by atoms with Crippen molar-refractivity contribution in [2.24, 2.45) is 11.8 Å². The minimum absolute atomic E-state index is 0.0438. The molecule has 25 heavy (non-hydrogen) atoms. The highest BCUT2D eigenvalue weighted by Crippen LogP contribution is 2.38. The molecule has 1 aromatic rings. The van der Waals surface area contributed by atoms with Crippen molar-refractivity contribution in [2.45, 2.75) is 38.6 Å². The van der Waals surface area contributed by atoms with E-state index in [1.165, 1.54) is 0 Å². The zero-order valence-corrected chi connectivity index (χ0v) is 14.7. The van der Waals surface area contributed by atoms with Crippen molar-refractivity contribution in [1.82, 2.24) is 10.2 Å². The fraction of sp³-hybridized carbons (Fsp3) is 0.526. The molecule has 1 saturated carbocycles. The Morgan fingerprint density at radius 3 is 2.36 bits per heavy atom. The predicted molar refractivity (Wildman–Crippen MR) is 95.1 cm³/mol. The summed E-state index contributed by atoms with van der Waals surface area (Å²) in [6.45, 7) is 2.66. The van der Waals surface area contributed by atoms with Crippen molar-refractivity contribution in [2.75, 3.05) is 18.9 Å². The number of rotatable bonds is 4. The second-order valence-electron chi connectivity index (χ2n) is 7.01. The molecule has 0 radical (unpaired) electrons. The van der Waals surface area contributed by atoms with Crippen molar-refractivity contribution in [3.05, 3.63) is 29.8 Å². The summed E-state index contributed by atoms with van der Waals surface area (Å²) in [4.78, 5) is 38.4. The highest BCUT2D eigenvalue weighted by Gasteiger charge is 2.39. The Morgan fingerprint density at radius 2 is 1.76 bits per heavy atom. The third kappa shape index (κ3) is 3.83. The van der Waals surface area contributed by atoms with Crippen LogP contribution < -0.4 is 10.6 Å². The summed E-state index contributed by atoms with van der Waals surface area (Å²) in [6, 6.07) is 6.52. The third-order valence-corrected chi connectivity index (χ3v) is 5.16. The molecule has 0 unspecified atom stereocenters. The average Bonchev–Trinajstić information content (AvgIpc) is 3.38. The Hall–Kier alpha value is -2.37. The van der Waals surface area contributed by atoms with Gasteiger partial charge in [-0.2, -0.15) is 0 Å². The van der Waals surface area contributed by atoms with Crippen molar-refractivity contribution in [3.63, 3.8) is 0 Å². The Morgan fingerprint density at radius 1 is 1.08 bits per heavy atom. The maximum Gasteiger partial charge on any atom is 0.254 e. The summed E-state index contributed by atoms with van der Waals surface area (Å²) in [7, 11) is 1.60. The molecule has 3 amide bonds. The molecular formula is C19H25N3O3. The summed E-state index contributed by atoms with van der Waals surface area (Å²) >= 11 is 0. The van der Waals surface area contributed by atoms with Crippen LogP contribution in [-0.2, 0) is 9.59 Å². The van der Waals surface area contributed by atoms with Gasteiger partial charge >= 0.3 is 0 Å². The van der Waals surface area contributed by atoms with Crippen LogP contribution in [0.5, 0.6) is 0 Å². The van der Waals surface area contributed by atoms with Crippen LogP contribution in [0.25, 0.3) is 0 Å². The van der Waals surface area contributed by atoms with Crippen molar-refractivity contribution < 1.29 is 14.4 Å². The minimum atomic E-state index is -0.401. The zero-order chi connectivity index (χ0) is 18.0. The highest BCUT2D eigenvalue weighted by molar-refractivity contribution is 5.99. The Balaban J connectivity index is 1.67. The molecule has 1 aromatic carbocycles. The van der Waals surface area contributed by atoms with Gasteiger partial charge < -0.3 is 15.5 Å². The van der Waals surface area contributed by atoms with Crippen molar-refractivity contribution >= 4 is 23.4 Å². The average molecular weight is 343 g/mol. The number of carbonyl (C=O) groups excluding carboxylic acids is 3. The van der Waals surface area contributed by atoms with Crippen LogP contribution in [0.2, 0.25) is 0 Å². The number of hydrogen-bond acceptors (Lipinski definition) is 3. The van der Waals surface area contributed by atoms with E-state index in [2.05, 4.69) is 17.6 Å². The van der Waals surface area contributed by atoms with Gasteiger partial charge in [-0.1, -0.05) is 6.92 Å². The number of likely N-dealkylation sites (N-methyl/N-ethyl adjacent to an activating group) is 1. The lowest BCUT2D eigenvalue weighted by atomic mass is 10.00. The maximum atomic E-state index is 12.8. The number of nitrogens with zero attached hydrogens (tertiary/aromatic N) is 1. The van der Waals surface area contributed by atoms with Crippen LogP contribution in [0, 0.1) is 11.8 Å². The van der Waals surface area contributed by atoms with Crippen LogP contribution in [0.3, 0.4) is 0 Å². The van der Waals surface area contributed by atoms with E-state index < -0.39 is 6.04 Å². The van der Waals surface area contributed by atoms with E-state index in [1.54, 1.807) is 36.2 Å². The number of piperidine rings is 1. The number of benzene rings is 1. The molecule has 2 fully saturated rings. The maximum absolute atomic E-state index is 12.8. The predicted octanol–water partition coefficient (Wildman–Crippen LogP) is 2.02. The molecule has 6 nitrogen and oxygen atoms in total. The molecular weight excluding hydrogens is 318 g/mol. The van der Waals surface area contributed by atoms with Crippen molar-refractivity contribution in [1.29, 1.82) is 0 Å². The molecule has 3 atom stereocenters. The second kappa shape index (κ2) is 7.25. The summed E-state index contributed by atoms with van der Waals surface area (Å²) in [5.41, 5.74) is 1.23. The molecule has 134 valence electrons. The van der Waals surface area contributed by atoms with Gasteiger partial charge in [-0.25, -0.2) is 0 Å². The van der Waals surface area contributed by atoms with Gasteiger partial charge in [-0.3, -0.25) is 14.4 Å². The number of hydrogen-bond donors (Lipinski definition) is 2. The second-order valence-corrected chi connectivity index (χ2v) is 7.01. The van der Waals surface area contributed by atoms with Gasteiger partial charge in [0.2, 0.25) is 11.8 Å². The lowest BCUT2D eigenvalue weighted by Crippen LogP contribution is -2.51. The molecule has 0 spiro atoms. The molecule has 1 aliphatic heterocycles. The molecule has 0 bridgehead atoms. The summed E-state index contributed by atoms with van der Waals surface area (Å²) in [6.07, 6.45) is 3.50. The molecule has 6 heteroatoms. The topological polar surface area (TPSA) is 78.5 Å². The quantitative estimate of drug-likeness (QED) is 0.878. The summed E-state index contributed by atoms with van der Waals surface area (Å²) in [5, 5.41) is 5.53. The van der Waals surface area contributed by atoms with Crippen LogP contribution in [-0.4, -0.2) is 42.3 Å². The van der Waals surface area contributed by atoms with Crippen molar-refractivity contribution in [3.8, 4) is 0 Å². The molecule has 1 aliphatic carbocycles. The number of anilines is 1. The van der Waals surface area contributed by atoms with E-state index in [0.717, 1.165) is 19.3 Å². The van der Waals surface area contributed by atoms with Gasteiger partial charge in [-0.05, 0) is 55.9 Å². The van der Waals surface area contributed by atoms with Gasteiger partial charge in [0.25, 0.3) is 5.91 Å². The van der Waals surface area contributed by atoms with Gasteiger partial charge in [0.15, 0.2) is 0 Å². The molecule has 2 N–H and O–H groups in total. The summed E-state index contributed by atoms with van der Waals surface area (Å²) < 4.78 is 0. The third-order valence-electron chi connectivity index (χ3n) is 5.16. The molecule has 2 aliphatic rings. The normalized spacial score (nSPS) is 25.2. The van der Waals surface area contributed by atoms with Crippen LogP contribution >= 0.6 is 0 Å². The first kappa shape index (κ1) is 17.5. The monoisotopic (exact) mass is 343 g/mol. The molecule has 3 rings (SSSR count). The molecule has 1 saturated heterocycles. The number of likely N-dealkylation sites (tertiary alicyclic amines) is 1. The first-order valence-electron chi connectivity index (χ1n) is 8.94. The molecule has 0 aromatic heterocycles. The van der Waals surface area contributed by atoms with Crippen LogP contribution in [0.1, 0.15) is 43.0 Å². The fourth-order valence-corrected chi connectivity index (χ4v) is 3.40. The number of carbonyl (C=O) groups is 3. The fourth-order valence-electron chi connectivity index (χ4n) is 3.40. The number of amides is 3. The van der Waals surface area contributed by atoms with E-state index >= 15 is 0 Å². The Kier molecular flexibility index (Phi) is 5.06. The minimum Gasteiger partial charge on any atom is -0.357 e. The van der Waals surface area contributed by atoms with E-state index in [-0.39, 0.29) is 23.6 Å². The van der Waals surface area contributed by atoms with Gasteiger partial charge in [0.1, 0.15) is 6.04 Å². The summed E-state index contributed by atoms with van der Waals surface area (Å²) in [5.74, 6) is 0.365. The van der Waals surface area contributed by atoms with E-state index in [0.29, 0.717) is 30.1 Å². The lowest BCUT2D eigenvalue weighted by Gasteiger charge is -2.34. The van der Waals surface area contributed by atoms with Gasteiger partial charge in [0.05, 0.1) is 0 Å². The largest absolute Gasteiger partial charge is 0.357 e.